The van der Waals surface area contributed by atoms with E-state index in [-0.39, 0.29) is 17.7 Å². The molecule has 0 saturated carbocycles. The SMILES string of the molecule is CC(N)C1NN=C(c2cc(C(=O)c3ccccc3)cc(N(C)S(C)(=O)=O)c2)O1. The van der Waals surface area contributed by atoms with Gasteiger partial charge in [0.15, 0.2) is 5.78 Å². The van der Waals surface area contributed by atoms with Gasteiger partial charge in [0.05, 0.1) is 18.0 Å². The first-order valence-corrected chi connectivity index (χ1v) is 10.5. The van der Waals surface area contributed by atoms with Crippen LogP contribution in [-0.2, 0) is 14.8 Å². The Morgan fingerprint density at radius 2 is 1.89 bits per heavy atom. The summed E-state index contributed by atoms with van der Waals surface area (Å²) < 4.78 is 30.8. The third-order valence-electron chi connectivity index (χ3n) is 4.33. The van der Waals surface area contributed by atoms with Gasteiger partial charge in [0.1, 0.15) is 0 Å². The van der Waals surface area contributed by atoms with Crippen LogP contribution in [0.25, 0.3) is 0 Å². The second kappa shape index (κ2) is 7.61. The summed E-state index contributed by atoms with van der Waals surface area (Å²) in [4.78, 5) is 12.9. The molecule has 0 spiro atoms. The molecule has 2 aromatic carbocycles. The zero-order valence-electron chi connectivity index (χ0n) is 15.8. The van der Waals surface area contributed by atoms with Crippen molar-refractivity contribution in [3.63, 3.8) is 0 Å². The van der Waals surface area contributed by atoms with E-state index in [9.17, 15) is 13.2 Å². The lowest BCUT2D eigenvalue weighted by molar-refractivity contribution is 0.103. The molecule has 8 nitrogen and oxygen atoms in total. The lowest BCUT2D eigenvalue weighted by Gasteiger charge is -2.19. The topological polar surface area (TPSA) is 114 Å². The summed E-state index contributed by atoms with van der Waals surface area (Å²) in [6.45, 7) is 1.77. The maximum Gasteiger partial charge on any atom is 0.240 e. The van der Waals surface area contributed by atoms with Gasteiger partial charge in [-0.15, -0.1) is 5.10 Å². The molecule has 148 valence electrons. The monoisotopic (exact) mass is 402 g/mol. The van der Waals surface area contributed by atoms with Crippen LogP contribution >= 0.6 is 0 Å². The van der Waals surface area contributed by atoms with Gasteiger partial charge >= 0.3 is 0 Å². The summed E-state index contributed by atoms with van der Waals surface area (Å²) in [6.07, 6.45) is 0.592. The molecule has 28 heavy (non-hydrogen) atoms. The normalized spacial score (nSPS) is 17.3. The van der Waals surface area contributed by atoms with Gasteiger partial charge in [-0.25, -0.2) is 8.42 Å². The van der Waals surface area contributed by atoms with Crippen LogP contribution < -0.4 is 15.5 Å². The Kier molecular flexibility index (Phi) is 5.39. The van der Waals surface area contributed by atoms with Gasteiger partial charge in [-0.2, -0.15) is 0 Å². The maximum atomic E-state index is 12.9. The van der Waals surface area contributed by atoms with Crippen LogP contribution in [0.5, 0.6) is 0 Å². The molecular weight excluding hydrogens is 380 g/mol. The molecule has 9 heteroatoms. The van der Waals surface area contributed by atoms with E-state index in [0.29, 0.717) is 22.4 Å². The Labute approximate surface area is 164 Å². The molecule has 0 aromatic heterocycles. The zero-order chi connectivity index (χ0) is 20.5. The predicted octanol–water partition coefficient (Wildman–Crippen LogP) is 1.27. The highest BCUT2D eigenvalue weighted by Gasteiger charge is 2.26. The van der Waals surface area contributed by atoms with Crippen molar-refractivity contribution in [2.45, 2.75) is 19.2 Å². The number of carbonyl (C=O) groups is 1. The number of hydrogen-bond acceptors (Lipinski definition) is 7. The molecule has 1 aliphatic rings. The van der Waals surface area contributed by atoms with Crippen molar-refractivity contribution in [3.8, 4) is 0 Å². The highest BCUT2D eigenvalue weighted by Crippen LogP contribution is 2.24. The van der Waals surface area contributed by atoms with Gasteiger partial charge in [0.2, 0.25) is 22.1 Å². The molecule has 0 radical (unpaired) electrons. The zero-order valence-corrected chi connectivity index (χ0v) is 16.6. The van der Waals surface area contributed by atoms with E-state index in [1.165, 1.54) is 13.1 Å². The van der Waals surface area contributed by atoms with Gasteiger partial charge < -0.3 is 10.5 Å². The van der Waals surface area contributed by atoms with Gasteiger partial charge in [-0.1, -0.05) is 30.3 Å². The molecule has 2 atom stereocenters. The minimum absolute atomic E-state index is 0.235. The van der Waals surface area contributed by atoms with Crippen LogP contribution in [0, 0.1) is 0 Å². The van der Waals surface area contributed by atoms with E-state index < -0.39 is 16.3 Å². The number of hydrogen-bond donors (Lipinski definition) is 2. The number of anilines is 1. The standard InChI is InChI=1S/C19H22N4O4S/c1-12(20)18-21-22-19(27-18)15-9-14(17(24)13-7-5-4-6-8-13)10-16(11-15)23(2)28(3,25)26/h4-12,18,21H,20H2,1-3H3. The molecule has 1 aliphatic heterocycles. The van der Waals surface area contributed by atoms with Crippen molar-refractivity contribution >= 4 is 27.4 Å². The van der Waals surface area contributed by atoms with Gasteiger partial charge in [0.25, 0.3) is 0 Å². The molecule has 3 rings (SSSR count). The molecule has 0 amide bonds. The summed E-state index contributed by atoms with van der Waals surface area (Å²) in [7, 11) is -2.10. The van der Waals surface area contributed by atoms with Crippen molar-refractivity contribution in [2.75, 3.05) is 17.6 Å². The fourth-order valence-electron chi connectivity index (χ4n) is 2.65. The number of sulfonamides is 1. The van der Waals surface area contributed by atoms with Crippen molar-refractivity contribution in [1.82, 2.24) is 5.43 Å². The van der Waals surface area contributed by atoms with Crippen LogP contribution in [0.15, 0.2) is 53.6 Å². The Bertz CT molecular complexity index is 1020. The minimum atomic E-state index is -3.52. The Morgan fingerprint density at radius 3 is 2.46 bits per heavy atom. The number of nitrogens with one attached hydrogen (secondary N) is 1. The molecule has 0 aliphatic carbocycles. The third kappa shape index (κ3) is 4.15. The van der Waals surface area contributed by atoms with Crippen molar-refractivity contribution in [3.05, 3.63) is 65.2 Å². The Morgan fingerprint density at radius 1 is 1.21 bits per heavy atom. The second-order valence-electron chi connectivity index (χ2n) is 6.64. The summed E-state index contributed by atoms with van der Waals surface area (Å²) in [5.41, 5.74) is 10.2. The lowest BCUT2D eigenvalue weighted by atomic mass is 10.0. The number of ketones is 1. The fourth-order valence-corrected chi connectivity index (χ4v) is 3.14. The third-order valence-corrected chi connectivity index (χ3v) is 5.54. The molecule has 0 fully saturated rings. The average Bonchev–Trinajstić information content (AvgIpc) is 3.17. The summed E-state index contributed by atoms with van der Waals surface area (Å²) in [5.74, 6) is 0.00839. The quantitative estimate of drug-likeness (QED) is 0.704. The van der Waals surface area contributed by atoms with Gasteiger partial charge in [0, 0.05) is 23.7 Å². The number of carbonyl (C=O) groups excluding carboxylic acids is 1. The molecule has 0 saturated heterocycles. The van der Waals surface area contributed by atoms with E-state index in [0.717, 1.165) is 10.6 Å². The number of benzene rings is 2. The largest absolute Gasteiger partial charge is 0.449 e. The Hall–Kier alpha value is -2.91. The molecule has 1 heterocycles. The first kappa shape index (κ1) is 19.8. The van der Waals surface area contributed by atoms with Gasteiger partial charge in [-0.3, -0.25) is 14.5 Å². The highest BCUT2D eigenvalue weighted by molar-refractivity contribution is 7.92. The highest BCUT2D eigenvalue weighted by atomic mass is 32.2. The van der Waals surface area contributed by atoms with E-state index >= 15 is 0 Å². The molecular formula is C19H22N4O4S. The fraction of sp³-hybridized carbons (Fsp3) is 0.263. The van der Waals surface area contributed by atoms with Crippen LogP contribution in [-0.4, -0.2) is 45.7 Å². The van der Waals surface area contributed by atoms with E-state index in [1.54, 1.807) is 43.3 Å². The first-order valence-electron chi connectivity index (χ1n) is 8.61. The average molecular weight is 402 g/mol. The number of ether oxygens (including phenoxy) is 1. The smallest absolute Gasteiger partial charge is 0.240 e. The summed E-state index contributed by atoms with van der Waals surface area (Å²) in [5, 5.41) is 4.13. The number of nitrogens with two attached hydrogens (primary N) is 1. The lowest BCUT2D eigenvalue weighted by Crippen LogP contribution is -2.39. The van der Waals surface area contributed by atoms with E-state index in [1.807, 2.05) is 6.07 Å². The van der Waals surface area contributed by atoms with Crippen LogP contribution in [0.2, 0.25) is 0 Å². The summed E-state index contributed by atoms with van der Waals surface area (Å²) in [6, 6.07) is 13.2. The van der Waals surface area contributed by atoms with E-state index in [2.05, 4.69) is 10.5 Å². The van der Waals surface area contributed by atoms with E-state index in [4.69, 9.17) is 10.5 Å². The van der Waals surface area contributed by atoms with Crippen molar-refractivity contribution < 1.29 is 17.9 Å². The van der Waals surface area contributed by atoms with Crippen LogP contribution in [0.3, 0.4) is 0 Å². The number of hydrazone groups is 1. The van der Waals surface area contributed by atoms with Crippen LogP contribution in [0.1, 0.15) is 28.4 Å². The molecule has 3 N–H and O–H groups in total. The first-order chi connectivity index (χ1) is 13.2. The van der Waals surface area contributed by atoms with Crippen molar-refractivity contribution in [1.29, 1.82) is 0 Å². The second-order valence-corrected chi connectivity index (χ2v) is 8.65. The van der Waals surface area contributed by atoms with Gasteiger partial charge in [-0.05, 0) is 25.1 Å². The number of nitrogens with zero attached hydrogens (tertiary/aromatic N) is 2. The van der Waals surface area contributed by atoms with Crippen molar-refractivity contribution in [2.24, 2.45) is 10.8 Å². The number of rotatable bonds is 6. The Balaban J connectivity index is 2.06. The molecule has 2 aromatic rings. The maximum absolute atomic E-state index is 12.9. The predicted molar refractivity (Wildman–Crippen MR) is 108 cm³/mol. The molecule has 0 bridgehead atoms. The molecule has 2 unspecified atom stereocenters. The minimum Gasteiger partial charge on any atom is -0.449 e. The summed E-state index contributed by atoms with van der Waals surface area (Å²) >= 11 is 0. The van der Waals surface area contributed by atoms with Crippen LogP contribution in [0.4, 0.5) is 5.69 Å².